The average Bonchev–Trinajstić information content (AvgIpc) is 2.45. The largest absolute Gasteiger partial charge is 0.303 e. The first-order chi connectivity index (χ1) is 9.16. The number of nitrogens with zero attached hydrogens (tertiary/aromatic N) is 2. The zero-order valence-electron chi connectivity index (χ0n) is 11.5. The second kappa shape index (κ2) is 7.47. The molecule has 1 fully saturated rings. The summed E-state index contributed by atoms with van der Waals surface area (Å²) in [6.07, 6.45) is 9.44. The van der Waals surface area contributed by atoms with Gasteiger partial charge in [0.2, 0.25) is 0 Å². The van der Waals surface area contributed by atoms with Crippen LogP contribution in [-0.4, -0.2) is 29.5 Å². The van der Waals surface area contributed by atoms with E-state index in [4.69, 9.17) is 23.2 Å². The summed E-state index contributed by atoms with van der Waals surface area (Å²) in [5.41, 5.74) is 0.881. The third-order valence-electron chi connectivity index (χ3n) is 4.00. The Hall–Kier alpha value is -0.310. The second-order valence-corrected chi connectivity index (χ2v) is 6.39. The lowest BCUT2D eigenvalue weighted by Crippen LogP contribution is -2.34. The monoisotopic (exact) mass is 300 g/mol. The predicted molar refractivity (Wildman–Crippen MR) is 82.0 cm³/mol. The number of alkyl halides is 1. The molecule has 2 rings (SSSR count). The van der Waals surface area contributed by atoms with Crippen LogP contribution in [0.4, 0.5) is 0 Å². The van der Waals surface area contributed by atoms with E-state index in [2.05, 4.69) is 16.9 Å². The third kappa shape index (κ3) is 4.62. The van der Waals surface area contributed by atoms with Crippen molar-refractivity contribution in [3.05, 3.63) is 29.0 Å². The minimum absolute atomic E-state index is 0.0512. The first-order valence-corrected chi connectivity index (χ1v) is 7.94. The van der Waals surface area contributed by atoms with Crippen molar-refractivity contribution in [1.29, 1.82) is 0 Å². The highest BCUT2D eigenvalue weighted by Crippen LogP contribution is 2.26. The minimum Gasteiger partial charge on any atom is -0.303 e. The van der Waals surface area contributed by atoms with Gasteiger partial charge in [0.25, 0.3) is 0 Å². The molecule has 1 aromatic rings. The summed E-state index contributed by atoms with van der Waals surface area (Å²) >= 11 is 12.4. The topological polar surface area (TPSA) is 16.1 Å². The van der Waals surface area contributed by atoms with Crippen molar-refractivity contribution in [3.63, 3.8) is 0 Å². The summed E-state index contributed by atoms with van der Waals surface area (Å²) < 4.78 is 0. The summed E-state index contributed by atoms with van der Waals surface area (Å²) in [4.78, 5) is 6.75. The number of halogens is 2. The van der Waals surface area contributed by atoms with Crippen LogP contribution in [0, 0.1) is 0 Å². The molecule has 1 atom stereocenters. The molecule has 0 aromatic carbocycles. The molecule has 0 aliphatic heterocycles. The minimum atomic E-state index is -0.0512. The van der Waals surface area contributed by atoms with E-state index >= 15 is 0 Å². The lowest BCUT2D eigenvalue weighted by molar-refractivity contribution is 0.189. The third-order valence-corrected chi connectivity index (χ3v) is 4.67. The van der Waals surface area contributed by atoms with Crippen LogP contribution in [0.15, 0.2) is 18.3 Å². The van der Waals surface area contributed by atoms with Gasteiger partial charge in [-0.15, -0.1) is 11.6 Å². The van der Waals surface area contributed by atoms with Gasteiger partial charge < -0.3 is 4.90 Å². The zero-order valence-corrected chi connectivity index (χ0v) is 13.0. The fourth-order valence-electron chi connectivity index (χ4n) is 2.76. The van der Waals surface area contributed by atoms with Gasteiger partial charge in [0.05, 0.1) is 11.1 Å². The molecule has 0 amide bonds. The number of aromatic nitrogens is 1. The molecule has 0 radical (unpaired) electrons. The first-order valence-electron chi connectivity index (χ1n) is 7.12. The van der Waals surface area contributed by atoms with Crippen LogP contribution in [-0.2, 0) is 0 Å². The van der Waals surface area contributed by atoms with Gasteiger partial charge in [-0.05, 0) is 45.0 Å². The van der Waals surface area contributed by atoms with Gasteiger partial charge in [-0.3, -0.25) is 4.98 Å². The molecule has 1 aliphatic rings. The van der Waals surface area contributed by atoms with Crippen molar-refractivity contribution in [2.24, 2.45) is 0 Å². The van der Waals surface area contributed by atoms with Crippen molar-refractivity contribution in [2.75, 3.05) is 13.6 Å². The van der Waals surface area contributed by atoms with Crippen LogP contribution < -0.4 is 0 Å². The van der Waals surface area contributed by atoms with Crippen LogP contribution in [0.1, 0.15) is 49.6 Å². The molecule has 1 unspecified atom stereocenters. The Kier molecular flexibility index (Phi) is 5.93. The molecular weight excluding hydrogens is 279 g/mol. The fourth-order valence-corrected chi connectivity index (χ4v) is 3.15. The van der Waals surface area contributed by atoms with Crippen LogP contribution in [0.2, 0.25) is 5.02 Å². The van der Waals surface area contributed by atoms with E-state index in [1.54, 1.807) is 12.3 Å². The Morgan fingerprint density at radius 2 is 2.11 bits per heavy atom. The highest BCUT2D eigenvalue weighted by atomic mass is 35.5. The molecule has 2 nitrogen and oxygen atoms in total. The number of pyridine rings is 1. The highest BCUT2D eigenvalue weighted by molar-refractivity contribution is 6.30. The van der Waals surface area contributed by atoms with Gasteiger partial charge in [0.1, 0.15) is 0 Å². The molecule has 1 aliphatic carbocycles. The van der Waals surface area contributed by atoms with Crippen molar-refractivity contribution in [3.8, 4) is 0 Å². The Labute approximate surface area is 126 Å². The number of rotatable bonds is 5. The van der Waals surface area contributed by atoms with Gasteiger partial charge in [-0.2, -0.15) is 0 Å². The molecule has 0 bridgehead atoms. The molecule has 1 aromatic heterocycles. The summed E-state index contributed by atoms with van der Waals surface area (Å²) in [6, 6.07) is 4.38. The summed E-state index contributed by atoms with van der Waals surface area (Å²) in [6.45, 7) is 1.02. The van der Waals surface area contributed by atoms with E-state index in [1.165, 1.54) is 32.1 Å². The Morgan fingerprint density at radius 1 is 1.37 bits per heavy atom. The van der Waals surface area contributed by atoms with Crippen LogP contribution in [0.5, 0.6) is 0 Å². The number of hydrogen-bond donors (Lipinski definition) is 0. The van der Waals surface area contributed by atoms with E-state index in [0.29, 0.717) is 5.02 Å². The summed E-state index contributed by atoms with van der Waals surface area (Å²) in [5, 5.41) is 0.654. The van der Waals surface area contributed by atoms with Gasteiger partial charge in [0.15, 0.2) is 0 Å². The smallest absolute Gasteiger partial charge is 0.0770 e. The second-order valence-electron chi connectivity index (χ2n) is 5.43. The predicted octanol–water partition coefficient (Wildman–Crippen LogP) is 4.67. The Morgan fingerprint density at radius 3 is 2.79 bits per heavy atom. The van der Waals surface area contributed by atoms with Crippen molar-refractivity contribution >= 4 is 23.2 Å². The lowest BCUT2D eigenvalue weighted by atomic mass is 9.94. The highest BCUT2D eigenvalue weighted by Gasteiger charge is 2.19. The van der Waals surface area contributed by atoms with Crippen LogP contribution >= 0.6 is 23.2 Å². The van der Waals surface area contributed by atoms with Gasteiger partial charge in [0, 0.05) is 17.3 Å². The first kappa shape index (κ1) is 15.1. The van der Waals surface area contributed by atoms with E-state index in [1.807, 2.05) is 6.07 Å². The standard InChI is InChI=1S/C15H22Cl2N2/c1-19(13-5-3-2-4-6-13)10-8-14(17)15-11-12(16)7-9-18-15/h7,9,11,13-14H,2-6,8,10H2,1H3. The van der Waals surface area contributed by atoms with Crippen LogP contribution in [0.25, 0.3) is 0 Å². The molecular formula is C15H22Cl2N2. The van der Waals surface area contributed by atoms with Gasteiger partial charge in [-0.1, -0.05) is 30.9 Å². The normalized spacial score (nSPS) is 18.7. The van der Waals surface area contributed by atoms with E-state index in [-0.39, 0.29) is 5.38 Å². The zero-order chi connectivity index (χ0) is 13.7. The maximum absolute atomic E-state index is 6.41. The molecule has 1 heterocycles. The molecule has 1 saturated carbocycles. The fraction of sp³-hybridized carbons (Fsp3) is 0.667. The van der Waals surface area contributed by atoms with Crippen molar-refractivity contribution < 1.29 is 0 Å². The van der Waals surface area contributed by atoms with E-state index in [9.17, 15) is 0 Å². The Bertz CT molecular complexity index is 391. The van der Waals surface area contributed by atoms with Crippen molar-refractivity contribution in [1.82, 2.24) is 9.88 Å². The van der Waals surface area contributed by atoms with Crippen molar-refractivity contribution in [2.45, 2.75) is 49.9 Å². The van der Waals surface area contributed by atoms with E-state index < -0.39 is 0 Å². The van der Waals surface area contributed by atoms with Gasteiger partial charge >= 0.3 is 0 Å². The SMILES string of the molecule is CN(CCC(Cl)c1cc(Cl)ccn1)C1CCCCC1. The number of hydrogen-bond acceptors (Lipinski definition) is 2. The molecule has 0 spiro atoms. The Balaban J connectivity index is 1.80. The quantitative estimate of drug-likeness (QED) is 0.735. The summed E-state index contributed by atoms with van der Waals surface area (Å²) in [7, 11) is 2.21. The molecule has 4 heteroatoms. The molecule has 106 valence electrons. The maximum atomic E-state index is 6.41. The average molecular weight is 301 g/mol. The summed E-state index contributed by atoms with van der Waals surface area (Å²) in [5.74, 6) is 0. The molecule has 0 N–H and O–H groups in total. The maximum Gasteiger partial charge on any atom is 0.0770 e. The lowest BCUT2D eigenvalue weighted by Gasteiger charge is -2.31. The van der Waals surface area contributed by atoms with Crippen LogP contribution in [0.3, 0.4) is 0 Å². The molecule has 19 heavy (non-hydrogen) atoms. The molecule has 0 saturated heterocycles. The van der Waals surface area contributed by atoms with E-state index in [0.717, 1.165) is 24.7 Å². The van der Waals surface area contributed by atoms with Gasteiger partial charge in [-0.25, -0.2) is 0 Å².